The number of benzene rings is 5. The van der Waals surface area contributed by atoms with E-state index < -0.39 is 0 Å². The zero-order valence-electron chi connectivity index (χ0n) is 28.3. The van der Waals surface area contributed by atoms with E-state index in [4.69, 9.17) is 0 Å². The van der Waals surface area contributed by atoms with Crippen LogP contribution in [0.2, 0.25) is 0 Å². The smallest absolute Gasteiger partial charge is 0.0465 e. The molecule has 0 N–H and O–H groups in total. The highest BCUT2D eigenvalue weighted by atomic mass is 32.1. The SMILES string of the molecule is CC1(C)c2cc(N(c3ccc(C4CCCCC4)cc3)c3ccc(C4CC5CCC4C5)cc3)ccc2-c2cc3c(cc21)sc1ccccc13. The van der Waals surface area contributed by atoms with E-state index in [1.807, 2.05) is 11.3 Å². The van der Waals surface area contributed by atoms with Gasteiger partial charge in [0, 0.05) is 42.6 Å². The van der Waals surface area contributed by atoms with Crippen LogP contribution in [0.4, 0.5) is 17.1 Å². The molecule has 3 unspecified atom stereocenters. The van der Waals surface area contributed by atoms with Crippen LogP contribution in [0.25, 0.3) is 31.3 Å². The van der Waals surface area contributed by atoms with E-state index in [2.05, 4.69) is 122 Å². The predicted octanol–water partition coefficient (Wildman–Crippen LogP) is 13.8. The molecule has 5 aromatic carbocycles. The van der Waals surface area contributed by atoms with Gasteiger partial charge in [-0.3, -0.25) is 0 Å². The number of thiophene rings is 1. The standard InChI is InChI=1S/C46H45NS/c1-46(2)42-26-36(22-23-37(42)40-27-41-38-10-6-7-11-44(38)48-45(41)28-43(40)46)47(34-18-14-31(15-19-34)30-8-4-3-5-9-30)35-20-16-32(17-21-35)39-25-29-12-13-33(39)24-29/h6-7,10-11,14-23,26-30,33,39H,3-5,8-9,12-13,24-25H2,1-2H3. The highest BCUT2D eigenvalue weighted by Crippen LogP contribution is 2.55. The average Bonchev–Trinajstić information content (AvgIpc) is 3.90. The van der Waals surface area contributed by atoms with Crippen LogP contribution in [-0.4, -0.2) is 0 Å². The third-order valence-corrected chi connectivity index (χ3v) is 14.1. The van der Waals surface area contributed by atoms with Crippen molar-refractivity contribution in [2.75, 3.05) is 4.90 Å². The molecule has 6 aromatic rings. The number of anilines is 3. The molecule has 3 saturated carbocycles. The molecule has 2 heteroatoms. The topological polar surface area (TPSA) is 3.24 Å². The lowest BCUT2D eigenvalue weighted by atomic mass is 9.82. The summed E-state index contributed by atoms with van der Waals surface area (Å²) in [6.07, 6.45) is 12.5. The fourth-order valence-corrected chi connectivity index (χ4v) is 11.5. The van der Waals surface area contributed by atoms with Gasteiger partial charge in [-0.15, -0.1) is 11.3 Å². The van der Waals surface area contributed by atoms with Gasteiger partial charge in [0.15, 0.2) is 0 Å². The van der Waals surface area contributed by atoms with Crippen molar-refractivity contribution in [1.29, 1.82) is 0 Å². The Labute approximate surface area is 289 Å². The summed E-state index contributed by atoms with van der Waals surface area (Å²) in [7, 11) is 0. The molecule has 3 fully saturated rings. The summed E-state index contributed by atoms with van der Waals surface area (Å²) in [4.78, 5) is 2.51. The van der Waals surface area contributed by atoms with Crippen molar-refractivity contribution < 1.29 is 0 Å². The van der Waals surface area contributed by atoms with Gasteiger partial charge < -0.3 is 4.90 Å². The number of rotatable bonds is 5. The van der Waals surface area contributed by atoms with E-state index in [1.165, 1.54) is 123 Å². The Morgan fingerprint density at radius 3 is 2.02 bits per heavy atom. The zero-order valence-corrected chi connectivity index (χ0v) is 29.2. The monoisotopic (exact) mass is 643 g/mol. The zero-order chi connectivity index (χ0) is 32.0. The van der Waals surface area contributed by atoms with Crippen LogP contribution in [0, 0.1) is 11.8 Å². The minimum atomic E-state index is -0.0762. The molecular formula is C46H45NS. The Kier molecular flexibility index (Phi) is 6.71. The minimum absolute atomic E-state index is 0.0762. The lowest BCUT2D eigenvalue weighted by molar-refractivity contribution is 0.420. The maximum Gasteiger partial charge on any atom is 0.0465 e. The molecule has 4 aliphatic carbocycles. The van der Waals surface area contributed by atoms with Crippen LogP contribution in [0.3, 0.4) is 0 Å². The van der Waals surface area contributed by atoms with E-state index in [0.717, 1.165) is 17.8 Å². The van der Waals surface area contributed by atoms with E-state index in [9.17, 15) is 0 Å². The van der Waals surface area contributed by atoms with Gasteiger partial charge in [0.1, 0.15) is 0 Å². The van der Waals surface area contributed by atoms with Gasteiger partial charge in [-0.1, -0.05) is 88.1 Å². The summed E-state index contributed by atoms with van der Waals surface area (Å²) in [5, 5.41) is 2.76. The van der Waals surface area contributed by atoms with Crippen LogP contribution in [0.5, 0.6) is 0 Å². The highest BCUT2D eigenvalue weighted by molar-refractivity contribution is 7.25. The van der Waals surface area contributed by atoms with Crippen LogP contribution in [-0.2, 0) is 5.41 Å². The summed E-state index contributed by atoms with van der Waals surface area (Å²) >= 11 is 1.93. The van der Waals surface area contributed by atoms with Gasteiger partial charge in [0.25, 0.3) is 0 Å². The van der Waals surface area contributed by atoms with Gasteiger partial charge in [-0.25, -0.2) is 0 Å². The molecule has 4 aliphatic rings. The summed E-state index contributed by atoms with van der Waals surface area (Å²) in [6, 6.07) is 40.5. The number of fused-ring (bicyclic) bond motifs is 8. The second-order valence-corrected chi connectivity index (χ2v) is 17.1. The van der Waals surface area contributed by atoms with Crippen molar-refractivity contribution >= 4 is 48.6 Å². The Bertz CT molecular complexity index is 2160. The third-order valence-electron chi connectivity index (χ3n) is 13.0. The average molecular weight is 644 g/mol. The fraction of sp³-hybridized carbons (Fsp3) is 0.348. The van der Waals surface area contributed by atoms with Crippen LogP contribution < -0.4 is 4.90 Å². The quantitative estimate of drug-likeness (QED) is 0.181. The molecule has 10 rings (SSSR count). The number of nitrogens with zero attached hydrogens (tertiary/aromatic N) is 1. The third kappa shape index (κ3) is 4.55. The lowest BCUT2D eigenvalue weighted by Crippen LogP contribution is -2.16. The maximum absolute atomic E-state index is 2.51. The largest absolute Gasteiger partial charge is 0.310 e. The molecule has 2 bridgehead atoms. The molecule has 240 valence electrons. The van der Waals surface area contributed by atoms with Crippen LogP contribution in [0.1, 0.15) is 106 Å². The van der Waals surface area contributed by atoms with Gasteiger partial charge in [-0.2, -0.15) is 0 Å². The molecule has 1 heterocycles. The Morgan fingerprint density at radius 1 is 0.583 bits per heavy atom. The van der Waals surface area contributed by atoms with Gasteiger partial charge in [-0.05, 0) is 144 Å². The molecule has 0 saturated heterocycles. The summed E-state index contributed by atoms with van der Waals surface area (Å²) in [6.45, 7) is 4.85. The van der Waals surface area contributed by atoms with E-state index in [1.54, 1.807) is 5.56 Å². The normalized spacial score (nSPS) is 22.8. The van der Waals surface area contributed by atoms with Crippen molar-refractivity contribution in [2.45, 2.75) is 88.9 Å². The van der Waals surface area contributed by atoms with Crippen molar-refractivity contribution in [3.05, 3.63) is 125 Å². The van der Waals surface area contributed by atoms with E-state index in [0.29, 0.717) is 5.92 Å². The fourth-order valence-electron chi connectivity index (χ4n) is 10.4. The van der Waals surface area contributed by atoms with E-state index in [-0.39, 0.29) is 5.41 Å². The van der Waals surface area contributed by atoms with Gasteiger partial charge in [0.2, 0.25) is 0 Å². The first-order valence-corrected chi connectivity index (χ1v) is 19.4. The van der Waals surface area contributed by atoms with Gasteiger partial charge >= 0.3 is 0 Å². The summed E-state index contributed by atoms with van der Waals surface area (Å²) in [5.41, 5.74) is 12.4. The predicted molar refractivity (Wildman–Crippen MR) is 206 cm³/mol. The van der Waals surface area contributed by atoms with E-state index >= 15 is 0 Å². The maximum atomic E-state index is 2.51. The van der Waals surface area contributed by atoms with Crippen molar-refractivity contribution in [3.63, 3.8) is 0 Å². The Hall–Kier alpha value is -3.88. The molecule has 1 aromatic heterocycles. The van der Waals surface area contributed by atoms with Gasteiger partial charge in [0.05, 0.1) is 0 Å². The Morgan fingerprint density at radius 2 is 1.29 bits per heavy atom. The second kappa shape index (κ2) is 11.1. The highest BCUT2D eigenvalue weighted by Gasteiger charge is 2.40. The van der Waals surface area contributed by atoms with Crippen LogP contribution >= 0.6 is 11.3 Å². The molecular weight excluding hydrogens is 599 g/mol. The molecule has 0 spiro atoms. The van der Waals surface area contributed by atoms with Crippen molar-refractivity contribution in [2.24, 2.45) is 11.8 Å². The van der Waals surface area contributed by atoms with Crippen molar-refractivity contribution in [3.8, 4) is 11.1 Å². The molecule has 48 heavy (non-hydrogen) atoms. The summed E-state index contributed by atoms with van der Waals surface area (Å²) < 4.78 is 2.77. The molecule has 0 radical (unpaired) electrons. The first kappa shape index (κ1) is 29.1. The number of hydrogen-bond acceptors (Lipinski definition) is 2. The molecule has 1 nitrogen and oxygen atoms in total. The van der Waals surface area contributed by atoms with Crippen molar-refractivity contribution in [1.82, 2.24) is 0 Å². The first-order chi connectivity index (χ1) is 23.5. The first-order valence-electron chi connectivity index (χ1n) is 18.6. The second-order valence-electron chi connectivity index (χ2n) is 16.0. The molecule has 3 atom stereocenters. The molecule has 0 aliphatic heterocycles. The van der Waals surface area contributed by atoms with Crippen LogP contribution in [0.15, 0.2) is 103 Å². The summed E-state index contributed by atoms with van der Waals surface area (Å²) in [5.74, 6) is 3.34. The number of hydrogen-bond donors (Lipinski definition) is 0. The minimum Gasteiger partial charge on any atom is -0.310 e. The Balaban J connectivity index is 1.06. The molecule has 0 amide bonds. The lowest BCUT2D eigenvalue weighted by Gasteiger charge is -2.29.